The third-order valence-electron chi connectivity index (χ3n) is 5.00. The SMILES string of the molecule is CN=C(NCCCN1CCC(C)CC1)NCc1ccc(N(C)C)c(F)c1.I. The van der Waals surface area contributed by atoms with E-state index in [1.54, 1.807) is 18.0 Å². The van der Waals surface area contributed by atoms with Crippen LogP contribution in [0.25, 0.3) is 0 Å². The first kappa shape index (κ1) is 23.9. The first-order valence-corrected chi connectivity index (χ1v) is 9.62. The van der Waals surface area contributed by atoms with Gasteiger partial charge in [-0.05, 0) is 62.5 Å². The number of anilines is 1. The van der Waals surface area contributed by atoms with E-state index >= 15 is 0 Å². The average molecular weight is 491 g/mol. The second kappa shape index (κ2) is 12.4. The molecule has 1 saturated heterocycles. The molecule has 1 aliphatic rings. The number of hydrogen-bond donors (Lipinski definition) is 2. The summed E-state index contributed by atoms with van der Waals surface area (Å²) in [5, 5.41) is 6.59. The highest BCUT2D eigenvalue weighted by Gasteiger charge is 2.14. The molecule has 7 heteroatoms. The fourth-order valence-corrected chi connectivity index (χ4v) is 3.22. The van der Waals surface area contributed by atoms with E-state index in [1.807, 2.05) is 26.2 Å². The summed E-state index contributed by atoms with van der Waals surface area (Å²) in [6.07, 6.45) is 3.74. The molecule has 0 saturated carbocycles. The summed E-state index contributed by atoms with van der Waals surface area (Å²) in [7, 11) is 5.44. The summed E-state index contributed by atoms with van der Waals surface area (Å²) in [5.74, 6) is 1.44. The highest BCUT2D eigenvalue weighted by molar-refractivity contribution is 14.0. The minimum absolute atomic E-state index is 0. The van der Waals surface area contributed by atoms with Crippen molar-refractivity contribution in [1.82, 2.24) is 15.5 Å². The molecule has 0 aliphatic carbocycles. The van der Waals surface area contributed by atoms with Gasteiger partial charge in [0.15, 0.2) is 5.96 Å². The van der Waals surface area contributed by atoms with E-state index in [1.165, 1.54) is 25.9 Å². The third kappa shape index (κ3) is 8.21. The molecule has 2 N–H and O–H groups in total. The monoisotopic (exact) mass is 491 g/mol. The van der Waals surface area contributed by atoms with Crippen molar-refractivity contribution >= 4 is 35.6 Å². The molecule has 1 aromatic rings. The van der Waals surface area contributed by atoms with Crippen LogP contribution in [0.4, 0.5) is 10.1 Å². The van der Waals surface area contributed by atoms with E-state index in [-0.39, 0.29) is 29.8 Å². The lowest BCUT2D eigenvalue weighted by Crippen LogP contribution is -2.39. The molecule has 0 unspecified atom stereocenters. The standard InChI is InChI=1S/C20H34FN5.HI/c1-16-8-12-26(13-9-16)11-5-10-23-20(22-2)24-15-17-6-7-19(25(3)4)18(21)14-17;/h6-7,14,16H,5,8-13,15H2,1-4H3,(H2,22,23,24);1H. The lowest BCUT2D eigenvalue weighted by atomic mass is 9.99. The van der Waals surface area contributed by atoms with Gasteiger partial charge in [0, 0.05) is 34.2 Å². The molecular formula is C20H35FIN5. The summed E-state index contributed by atoms with van der Waals surface area (Å²) < 4.78 is 14.0. The first-order valence-electron chi connectivity index (χ1n) is 9.62. The quantitative estimate of drug-likeness (QED) is 0.266. The van der Waals surface area contributed by atoms with E-state index in [2.05, 4.69) is 27.4 Å². The lowest BCUT2D eigenvalue weighted by Gasteiger charge is -2.30. The highest BCUT2D eigenvalue weighted by Crippen LogP contribution is 2.18. The van der Waals surface area contributed by atoms with Crippen LogP contribution in [0, 0.1) is 11.7 Å². The van der Waals surface area contributed by atoms with Gasteiger partial charge >= 0.3 is 0 Å². The van der Waals surface area contributed by atoms with E-state index < -0.39 is 0 Å². The van der Waals surface area contributed by atoms with Crippen molar-refractivity contribution in [2.24, 2.45) is 10.9 Å². The van der Waals surface area contributed by atoms with Crippen LogP contribution in [-0.4, -0.2) is 58.2 Å². The summed E-state index contributed by atoms with van der Waals surface area (Å²) in [6.45, 7) is 7.36. The maximum atomic E-state index is 14.0. The van der Waals surface area contributed by atoms with Crippen LogP contribution in [0.1, 0.15) is 31.7 Å². The van der Waals surface area contributed by atoms with Crippen LogP contribution < -0.4 is 15.5 Å². The zero-order chi connectivity index (χ0) is 18.9. The molecule has 1 aliphatic heterocycles. The van der Waals surface area contributed by atoms with Crippen molar-refractivity contribution in [1.29, 1.82) is 0 Å². The Hall–Kier alpha value is -1.09. The summed E-state index contributed by atoms with van der Waals surface area (Å²) in [5.41, 5.74) is 1.50. The van der Waals surface area contributed by atoms with Gasteiger partial charge in [0.05, 0.1) is 5.69 Å². The Morgan fingerprint density at radius 2 is 1.96 bits per heavy atom. The molecule has 0 bridgehead atoms. The van der Waals surface area contributed by atoms with Gasteiger partial charge in [0.2, 0.25) is 0 Å². The van der Waals surface area contributed by atoms with Crippen LogP contribution >= 0.6 is 24.0 Å². The molecular weight excluding hydrogens is 456 g/mol. The minimum atomic E-state index is -0.201. The van der Waals surface area contributed by atoms with Gasteiger partial charge in [0.1, 0.15) is 5.82 Å². The Bertz CT molecular complexity index is 586. The van der Waals surface area contributed by atoms with Crippen molar-refractivity contribution in [2.45, 2.75) is 32.7 Å². The van der Waals surface area contributed by atoms with Gasteiger partial charge in [-0.2, -0.15) is 0 Å². The lowest BCUT2D eigenvalue weighted by molar-refractivity contribution is 0.191. The number of guanidine groups is 1. The van der Waals surface area contributed by atoms with E-state index in [4.69, 9.17) is 0 Å². The number of nitrogens with one attached hydrogen (secondary N) is 2. The number of rotatable bonds is 7. The molecule has 154 valence electrons. The van der Waals surface area contributed by atoms with E-state index in [9.17, 15) is 4.39 Å². The molecule has 27 heavy (non-hydrogen) atoms. The van der Waals surface area contributed by atoms with Crippen molar-refractivity contribution < 1.29 is 4.39 Å². The van der Waals surface area contributed by atoms with Crippen molar-refractivity contribution in [3.05, 3.63) is 29.6 Å². The van der Waals surface area contributed by atoms with Gasteiger partial charge in [-0.3, -0.25) is 4.99 Å². The second-order valence-corrected chi connectivity index (χ2v) is 7.41. The average Bonchev–Trinajstić information content (AvgIpc) is 2.62. The van der Waals surface area contributed by atoms with Gasteiger partial charge in [-0.15, -0.1) is 24.0 Å². The van der Waals surface area contributed by atoms with E-state index in [0.717, 1.165) is 37.0 Å². The normalized spacial score (nSPS) is 16.0. The van der Waals surface area contributed by atoms with Gasteiger partial charge < -0.3 is 20.4 Å². The number of hydrogen-bond acceptors (Lipinski definition) is 3. The molecule has 1 aromatic carbocycles. The molecule has 0 atom stereocenters. The number of likely N-dealkylation sites (tertiary alicyclic amines) is 1. The summed E-state index contributed by atoms with van der Waals surface area (Å²) >= 11 is 0. The number of halogens is 2. The van der Waals surface area contributed by atoms with Crippen LogP contribution in [0.3, 0.4) is 0 Å². The molecule has 1 fully saturated rings. The molecule has 0 aromatic heterocycles. The van der Waals surface area contributed by atoms with Gasteiger partial charge in [-0.25, -0.2) is 4.39 Å². The first-order chi connectivity index (χ1) is 12.5. The number of nitrogens with zero attached hydrogens (tertiary/aromatic N) is 3. The largest absolute Gasteiger partial charge is 0.375 e. The Balaban J connectivity index is 0.00000364. The third-order valence-corrected chi connectivity index (χ3v) is 5.00. The van der Waals surface area contributed by atoms with Crippen LogP contribution in [0.5, 0.6) is 0 Å². The van der Waals surface area contributed by atoms with Crippen LogP contribution in [0.15, 0.2) is 23.2 Å². The molecule has 2 rings (SSSR count). The number of benzene rings is 1. The number of piperidine rings is 1. The van der Waals surface area contributed by atoms with Gasteiger partial charge in [0.25, 0.3) is 0 Å². The smallest absolute Gasteiger partial charge is 0.191 e. The topological polar surface area (TPSA) is 42.9 Å². The minimum Gasteiger partial charge on any atom is -0.375 e. The van der Waals surface area contributed by atoms with Crippen molar-refractivity contribution in [2.75, 3.05) is 52.2 Å². The zero-order valence-corrected chi connectivity index (χ0v) is 19.4. The van der Waals surface area contributed by atoms with E-state index in [0.29, 0.717) is 12.2 Å². The summed E-state index contributed by atoms with van der Waals surface area (Å²) in [4.78, 5) is 8.57. The van der Waals surface area contributed by atoms with Crippen molar-refractivity contribution in [3.8, 4) is 0 Å². The Kier molecular flexibility index (Phi) is 11.0. The Morgan fingerprint density at radius 3 is 2.56 bits per heavy atom. The van der Waals surface area contributed by atoms with Crippen LogP contribution in [0.2, 0.25) is 0 Å². The predicted octanol–water partition coefficient (Wildman–Crippen LogP) is 3.30. The Morgan fingerprint density at radius 1 is 1.26 bits per heavy atom. The maximum absolute atomic E-state index is 14.0. The summed E-state index contributed by atoms with van der Waals surface area (Å²) in [6, 6.07) is 5.32. The zero-order valence-electron chi connectivity index (χ0n) is 17.1. The predicted molar refractivity (Wildman–Crippen MR) is 124 cm³/mol. The molecule has 1 heterocycles. The molecule has 0 radical (unpaired) electrons. The molecule has 0 spiro atoms. The number of aliphatic imine (C=N–C) groups is 1. The Labute approximate surface area is 180 Å². The second-order valence-electron chi connectivity index (χ2n) is 7.41. The fourth-order valence-electron chi connectivity index (χ4n) is 3.22. The highest BCUT2D eigenvalue weighted by atomic mass is 127. The van der Waals surface area contributed by atoms with Crippen LogP contribution in [-0.2, 0) is 6.54 Å². The maximum Gasteiger partial charge on any atom is 0.191 e. The van der Waals surface area contributed by atoms with Crippen molar-refractivity contribution in [3.63, 3.8) is 0 Å². The fraction of sp³-hybridized carbons (Fsp3) is 0.650. The van der Waals surface area contributed by atoms with Gasteiger partial charge in [-0.1, -0.05) is 13.0 Å². The molecule has 5 nitrogen and oxygen atoms in total. The molecule has 0 amide bonds.